The first-order chi connectivity index (χ1) is 13.6. The van der Waals surface area contributed by atoms with Crippen LogP contribution in [0.4, 0.5) is 11.4 Å². The van der Waals surface area contributed by atoms with Gasteiger partial charge in [0.1, 0.15) is 0 Å². The lowest BCUT2D eigenvalue weighted by molar-refractivity contribution is -0.394. The van der Waals surface area contributed by atoms with Crippen molar-refractivity contribution in [1.29, 1.82) is 0 Å². The summed E-state index contributed by atoms with van der Waals surface area (Å²) < 4.78 is 23.1. The van der Waals surface area contributed by atoms with Crippen LogP contribution in [0, 0.1) is 27.2 Å². The Kier molecular flexibility index (Phi) is 6.80. The zero-order chi connectivity index (χ0) is 21.8. The highest BCUT2D eigenvalue weighted by Crippen LogP contribution is 2.59. The molecule has 0 aliphatic carbocycles. The molecule has 29 heavy (non-hydrogen) atoms. The van der Waals surface area contributed by atoms with Crippen LogP contribution in [0.25, 0.3) is 0 Å². The summed E-state index contributed by atoms with van der Waals surface area (Å²) in [5.74, 6) is -2.16. The number of carbonyl (C=O) groups is 1. The van der Waals surface area contributed by atoms with Crippen molar-refractivity contribution < 1.29 is 28.3 Å². The molecule has 0 unspecified atom stereocenters. The van der Waals surface area contributed by atoms with Gasteiger partial charge in [-0.05, 0) is 18.1 Å². The molecule has 11 nitrogen and oxygen atoms in total. The number of non-ortho nitro benzene ring substituents is 2. The first-order valence-electron chi connectivity index (χ1n) is 8.14. The smallest absolute Gasteiger partial charge is 0.334 e. The van der Waals surface area contributed by atoms with Gasteiger partial charge < -0.3 is 14.4 Å². The summed E-state index contributed by atoms with van der Waals surface area (Å²) in [6, 6.07) is 9.26. The van der Waals surface area contributed by atoms with E-state index in [1.165, 1.54) is 0 Å². The Morgan fingerprint density at radius 3 is 2.00 bits per heavy atom. The molecule has 1 N–H and O–H groups in total. The van der Waals surface area contributed by atoms with Crippen LogP contribution in [0.5, 0.6) is 0 Å². The van der Waals surface area contributed by atoms with Gasteiger partial charge in [-0.3, -0.25) is 29.6 Å². The number of nitrogens with one attached hydrogen (secondary N) is 1. The van der Waals surface area contributed by atoms with Crippen molar-refractivity contribution in [2.45, 2.75) is 12.7 Å². The van der Waals surface area contributed by atoms with E-state index >= 15 is 0 Å². The molecule has 0 saturated heterocycles. The number of nitro groups is 2. The summed E-state index contributed by atoms with van der Waals surface area (Å²) in [4.78, 5) is 33.2. The molecular weight excluding hydrogens is 405 g/mol. The average molecular weight is 423 g/mol. The first kappa shape index (κ1) is 22.2. The minimum atomic E-state index is -3.88. The van der Waals surface area contributed by atoms with Gasteiger partial charge >= 0.3 is 7.60 Å². The summed E-state index contributed by atoms with van der Waals surface area (Å²) in [6.07, 6.45) is 0. The van der Waals surface area contributed by atoms with E-state index in [0.717, 1.165) is 32.4 Å². The van der Waals surface area contributed by atoms with Crippen molar-refractivity contribution in [2.75, 3.05) is 14.2 Å². The Morgan fingerprint density at radius 2 is 1.55 bits per heavy atom. The molecule has 0 aromatic heterocycles. The van der Waals surface area contributed by atoms with Crippen molar-refractivity contribution in [3.63, 3.8) is 0 Å². The molecule has 2 rings (SSSR count). The van der Waals surface area contributed by atoms with Gasteiger partial charge in [0.15, 0.2) is 5.78 Å². The average Bonchev–Trinajstić information content (AvgIpc) is 2.71. The van der Waals surface area contributed by atoms with Gasteiger partial charge in [0.05, 0.1) is 21.5 Å². The van der Waals surface area contributed by atoms with Crippen LogP contribution >= 0.6 is 7.60 Å². The Labute approximate surface area is 165 Å². The molecule has 12 heteroatoms. The lowest BCUT2D eigenvalue weighted by atomic mass is 10.1. The minimum Gasteiger partial charge on any atom is -0.334 e. The molecule has 0 aliphatic rings. The molecule has 1 atom stereocenters. The molecule has 1 amide bonds. The minimum absolute atomic E-state index is 0.344. The maximum atomic E-state index is 13.0. The van der Waals surface area contributed by atoms with E-state index in [2.05, 4.69) is 5.32 Å². The van der Waals surface area contributed by atoms with Crippen molar-refractivity contribution >= 4 is 24.9 Å². The molecule has 0 spiro atoms. The van der Waals surface area contributed by atoms with E-state index < -0.39 is 40.5 Å². The summed E-state index contributed by atoms with van der Waals surface area (Å²) in [5.41, 5.74) is -0.481. The highest BCUT2D eigenvalue weighted by atomic mass is 31.2. The number of benzene rings is 2. The summed E-state index contributed by atoms with van der Waals surface area (Å²) in [6.45, 7) is 1.72. The van der Waals surface area contributed by atoms with E-state index in [4.69, 9.17) is 9.05 Å². The fourth-order valence-electron chi connectivity index (χ4n) is 2.65. The standard InChI is InChI=1S/C17H18N3O8P/c1-11-6-4-5-7-15(11)17(29(26,27-2)28-3)18-16(21)12-8-13(19(22)23)10-14(9-12)20(24)25/h4-10,17H,1-3H3,(H,18,21)/t17-/m0/s1. The largest absolute Gasteiger partial charge is 0.356 e. The molecule has 0 bridgehead atoms. The molecule has 2 aromatic carbocycles. The van der Waals surface area contributed by atoms with Gasteiger partial charge in [-0.15, -0.1) is 0 Å². The molecule has 0 aliphatic heterocycles. The molecule has 0 saturated carbocycles. The molecule has 154 valence electrons. The fourth-order valence-corrected chi connectivity index (χ4v) is 4.13. The monoisotopic (exact) mass is 423 g/mol. The van der Waals surface area contributed by atoms with E-state index in [1.54, 1.807) is 31.2 Å². The number of amides is 1. The Bertz CT molecular complexity index is 970. The number of carbonyl (C=O) groups excluding carboxylic acids is 1. The van der Waals surface area contributed by atoms with Gasteiger partial charge in [-0.1, -0.05) is 24.3 Å². The number of nitro benzene ring substituents is 2. The van der Waals surface area contributed by atoms with E-state index in [1.807, 2.05) is 0 Å². The first-order valence-corrected chi connectivity index (χ1v) is 9.75. The van der Waals surface area contributed by atoms with Crippen LogP contribution in [-0.2, 0) is 13.6 Å². The number of hydrogen-bond donors (Lipinski definition) is 1. The van der Waals surface area contributed by atoms with Crippen LogP contribution in [0.15, 0.2) is 42.5 Å². The maximum absolute atomic E-state index is 13.0. The molecule has 0 heterocycles. The zero-order valence-corrected chi connectivity index (χ0v) is 16.6. The highest BCUT2D eigenvalue weighted by molar-refractivity contribution is 7.54. The third-order valence-electron chi connectivity index (χ3n) is 4.16. The lowest BCUT2D eigenvalue weighted by Gasteiger charge is -2.26. The molecular formula is C17H18N3O8P. The zero-order valence-electron chi connectivity index (χ0n) is 15.7. The van der Waals surface area contributed by atoms with Gasteiger partial charge in [0.25, 0.3) is 17.3 Å². The predicted molar refractivity (Wildman–Crippen MR) is 103 cm³/mol. The fraction of sp³-hybridized carbons (Fsp3) is 0.235. The van der Waals surface area contributed by atoms with E-state index in [9.17, 15) is 29.6 Å². The quantitative estimate of drug-likeness (QED) is 0.383. The molecule has 0 fully saturated rings. The van der Waals surface area contributed by atoms with Crippen LogP contribution in [0.2, 0.25) is 0 Å². The van der Waals surface area contributed by atoms with E-state index in [-0.39, 0.29) is 5.56 Å². The van der Waals surface area contributed by atoms with Gasteiger partial charge in [-0.25, -0.2) is 0 Å². The summed E-state index contributed by atoms with van der Waals surface area (Å²) in [5, 5.41) is 24.6. The molecule has 0 radical (unpaired) electrons. The Hall–Kier alpha value is -3.14. The van der Waals surface area contributed by atoms with Gasteiger partial charge in [0.2, 0.25) is 0 Å². The van der Waals surface area contributed by atoms with E-state index in [0.29, 0.717) is 11.1 Å². The number of nitrogens with zero attached hydrogens (tertiary/aromatic N) is 2. The summed E-state index contributed by atoms with van der Waals surface area (Å²) in [7, 11) is -1.57. The second-order valence-electron chi connectivity index (χ2n) is 5.89. The van der Waals surface area contributed by atoms with Crippen LogP contribution in [0.3, 0.4) is 0 Å². The third kappa shape index (κ3) is 4.83. The van der Waals surface area contributed by atoms with Gasteiger partial charge in [0, 0.05) is 26.4 Å². The SMILES string of the molecule is COP(=O)(OC)[C@H](NC(=O)c1cc([N+](=O)[O-])cc([N+](=O)[O-])c1)c1ccccc1C. The van der Waals surface area contributed by atoms with Crippen LogP contribution in [-0.4, -0.2) is 30.0 Å². The second-order valence-corrected chi connectivity index (χ2v) is 8.22. The topological polar surface area (TPSA) is 151 Å². The van der Waals surface area contributed by atoms with Gasteiger partial charge in [-0.2, -0.15) is 0 Å². The van der Waals surface area contributed by atoms with Crippen molar-refractivity contribution in [3.05, 3.63) is 79.4 Å². The number of rotatable bonds is 8. The van der Waals surface area contributed by atoms with Crippen LogP contribution < -0.4 is 5.32 Å². The predicted octanol–water partition coefficient (Wildman–Crippen LogP) is 3.73. The van der Waals surface area contributed by atoms with Crippen molar-refractivity contribution in [1.82, 2.24) is 5.32 Å². The Morgan fingerprint density at radius 1 is 1.03 bits per heavy atom. The second kappa shape index (κ2) is 8.91. The summed E-state index contributed by atoms with van der Waals surface area (Å²) >= 11 is 0. The normalized spacial score (nSPS) is 12.2. The third-order valence-corrected chi connectivity index (χ3v) is 6.22. The maximum Gasteiger partial charge on any atom is 0.356 e. The number of aryl methyl sites for hydroxylation is 1. The number of hydrogen-bond acceptors (Lipinski definition) is 8. The Balaban J connectivity index is 2.53. The van der Waals surface area contributed by atoms with Crippen LogP contribution in [0.1, 0.15) is 27.3 Å². The van der Waals surface area contributed by atoms with Crippen molar-refractivity contribution in [3.8, 4) is 0 Å². The molecule has 2 aromatic rings. The van der Waals surface area contributed by atoms with Crippen molar-refractivity contribution in [2.24, 2.45) is 0 Å². The highest BCUT2D eigenvalue weighted by Gasteiger charge is 2.38. The lowest BCUT2D eigenvalue weighted by Crippen LogP contribution is -2.30.